The lowest BCUT2D eigenvalue weighted by Gasteiger charge is -2.16. The molecular weight excluding hydrogens is 249 g/mol. The molecule has 0 unspecified atom stereocenters. The molecule has 0 spiro atoms. The average Bonchev–Trinajstić information content (AvgIpc) is 2.35. The summed E-state index contributed by atoms with van der Waals surface area (Å²) in [5.74, 6) is -1.23. The molecule has 4 nitrogen and oxygen atoms in total. The average molecular weight is 267 g/mol. The van der Waals surface area contributed by atoms with E-state index in [1.165, 1.54) is 17.0 Å². The molecule has 0 radical (unpaired) electrons. The van der Waals surface area contributed by atoms with Crippen LogP contribution in [0.4, 0.5) is 4.39 Å². The Hall–Kier alpha value is -1.91. The number of halogens is 1. The molecule has 0 fully saturated rings. The van der Waals surface area contributed by atoms with E-state index in [4.69, 9.17) is 5.11 Å². The number of amides is 1. The molecule has 1 amide bonds. The molecule has 0 aliphatic heterocycles. The molecule has 19 heavy (non-hydrogen) atoms. The van der Waals surface area contributed by atoms with Crippen LogP contribution in [0.2, 0.25) is 0 Å². The van der Waals surface area contributed by atoms with E-state index in [1.807, 2.05) is 0 Å². The number of carboxylic acids is 1. The van der Waals surface area contributed by atoms with Crippen molar-refractivity contribution in [3.8, 4) is 0 Å². The number of nitrogens with zero attached hydrogens (tertiary/aromatic N) is 1. The van der Waals surface area contributed by atoms with Crippen LogP contribution in [0.5, 0.6) is 0 Å². The molecular formula is C14H18FNO3. The highest BCUT2D eigenvalue weighted by atomic mass is 19.1. The second kappa shape index (κ2) is 7.51. The number of carbonyl (C=O) groups is 2. The van der Waals surface area contributed by atoms with E-state index in [1.54, 1.807) is 19.2 Å². The summed E-state index contributed by atoms with van der Waals surface area (Å²) in [6.07, 6.45) is 1.28. The number of benzene rings is 1. The number of aryl methyl sites for hydroxylation is 1. The fraction of sp³-hybridized carbons (Fsp3) is 0.429. The maximum Gasteiger partial charge on any atom is 0.303 e. The lowest BCUT2D eigenvalue weighted by molar-refractivity contribution is -0.138. The summed E-state index contributed by atoms with van der Waals surface area (Å²) in [5, 5.41) is 8.50. The third-order valence-corrected chi connectivity index (χ3v) is 2.83. The second-order valence-electron chi connectivity index (χ2n) is 4.44. The van der Waals surface area contributed by atoms with Crippen molar-refractivity contribution in [2.75, 3.05) is 13.6 Å². The molecule has 0 aliphatic rings. The summed E-state index contributed by atoms with van der Waals surface area (Å²) >= 11 is 0. The molecule has 0 heterocycles. The van der Waals surface area contributed by atoms with Crippen LogP contribution in [0, 0.1) is 5.82 Å². The Labute approximate surface area is 111 Å². The van der Waals surface area contributed by atoms with Gasteiger partial charge in [-0.3, -0.25) is 9.59 Å². The number of carboxylic acid groups (broad SMARTS) is 1. The Kier molecular flexibility index (Phi) is 5.99. The molecule has 1 aromatic rings. The van der Waals surface area contributed by atoms with Gasteiger partial charge in [0.2, 0.25) is 5.91 Å². The van der Waals surface area contributed by atoms with E-state index < -0.39 is 5.97 Å². The highest BCUT2D eigenvalue weighted by Crippen LogP contribution is 2.07. The van der Waals surface area contributed by atoms with Crippen molar-refractivity contribution in [3.05, 3.63) is 35.6 Å². The van der Waals surface area contributed by atoms with Crippen molar-refractivity contribution in [1.82, 2.24) is 4.90 Å². The van der Waals surface area contributed by atoms with Crippen molar-refractivity contribution in [2.45, 2.75) is 25.7 Å². The number of carbonyl (C=O) groups excluding carboxylic acids is 1. The zero-order valence-electron chi connectivity index (χ0n) is 10.9. The molecule has 0 saturated heterocycles. The SMILES string of the molecule is CN(CCCC(=O)O)C(=O)CCc1cccc(F)c1. The van der Waals surface area contributed by atoms with Crippen LogP contribution in [-0.4, -0.2) is 35.5 Å². The van der Waals surface area contributed by atoms with Crippen LogP contribution in [-0.2, 0) is 16.0 Å². The third-order valence-electron chi connectivity index (χ3n) is 2.83. The first-order valence-electron chi connectivity index (χ1n) is 6.19. The molecule has 0 bridgehead atoms. The van der Waals surface area contributed by atoms with E-state index in [0.717, 1.165) is 5.56 Å². The third kappa shape index (κ3) is 5.99. The number of rotatable bonds is 7. The lowest BCUT2D eigenvalue weighted by Crippen LogP contribution is -2.28. The molecule has 1 aromatic carbocycles. The van der Waals surface area contributed by atoms with Crippen molar-refractivity contribution in [1.29, 1.82) is 0 Å². The van der Waals surface area contributed by atoms with Crippen molar-refractivity contribution in [3.63, 3.8) is 0 Å². The first kappa shape index (κ1) is 15.1. The molecule has 5 heteroatoms. The van der Waals surface area contributed by atoms with Gasteiger partial charge in [-0.05, 0) is 30.5 Å². The van der Waals surface area contributed by atoms with E-state index in [9.17, 15) is 14.0 Å². The number of hydrogen-bond acceptors (Lipinski definition) is 2. The highest BCUT2D eigenvalue weighted by molar-refractivity contribution is 5.76. The summed E-state index contributed by atoms with van der Waals surface area (Å²) in [6.45, 7) is 0.425. The predicted molar refractivity (Wildman–Crippen MR) is 69.2 cm³/mol. The van der Waals surface area contributed by atoms with Gasteiger partial charge in [0.25, 0.3) is 0 Å². The minimum atomic E-state index is -0.861. The minimum Gasteiger partial charge on any atom is -0.481 e. The largest absolute Gasteiger partial charge is 0.481 e. The smallest absolute Gasteiger partial charge is 0.303 e. The topological polar surface area (TPSA) is 57.6 Å². The van der Waals surface area contributed by atoms with Crippen LogP contribution in [0.25, 0.3) is 0 Å². The van der Waals surface area contributed by atoms with Gasteiger partial charge in [0.15, 0.2) is 0 Å². The maximum atomic E-state index is 12.9. The Morgan fingerprint density at radius 2 is 2.05 bits per heavy atom. The van der Waals surface area contributed by atoms with Gasteiger partial charge >= 0.3 is 5.97 Å². The van der Waals surface area contributed by atoms with E-state index in [-0.39, 0.29) is 18.1 Å². The molecule has 0 atom stereocenters. The van der Waals surface area contributed by atoms with Gasteiger partial charge in [0.05, 0.1) is 0 Å². The molecule has 0 aromatic heterocycles. The number of hydrogen-bond donors (Lipinski definition) is 1. The van der Waals surface area contributed by atoms with Crippen LogP contribution < -0.4 is 0 Å². The van der Waals surface area contributed by atoms with Crippen molar-refractivity contribution in [2.24, 2.45) is 0 Å². The fourth-order valence-corrected chi connectivity index (χ4v) is 1.73. The Morgan fingerprint density at radius 1 is 1.32 bits per heavy atom. The zero-order valence-corrected chi connectivity index (χ0v) is 10.9. The molecule has 1 N–H and O–H groups in total. The van der Waals surface area contributed by atoms with Crippen LogP contribution in [0.15, 0.2) is 24.3 Å². The van der Waals surface area contributed by atoms with Gasteiger partial charge in [-0.2, -0.15) is 0 Å². The van der Waals surface area contributed by atoms with Gasteiger partial charge in [-0.1, -0.05) is 12.1 Å². The van der Waals surface area contributed by atoms with Crippen LogP contribution in [0.3, 0.4) is 0 Å². The molecule has 0 aliphatic carbocycles. The fourth-order valence-electron chi connectivity index (χ4n) is 1.73. The first-order valence-corrected chi connectivity index (χ1v) is 6.19. The van der Waals surface area contributed by atoms with Crippen molar-refractivity contribution < 1.29 is 19.1 Å². The monoisotopic (exact) mass is 267 g/mol. The van der Waals surface area contributed by atoms with Gasteiger partial charge in [0.1, 0.15) is 5.82 Å². The molecule has 0 saturated carbocycles. The predicted octanol–water partition coefficient (Wildman–Crippen LogP) is 2.08. The number of aliphatic carboxylic acids is 1. The summed E-state index contributed by atoms with van der Waals surface area (Å²) in [6, 6.07) is 6.17. The summed E-state index contributed by atoms with van der Waals surface area (Å²) < 4.78 is 12.9. The normalized spacial score (nSPS) is 10.2. The van der Waals surface area contributed by atoms with Gasteiger partial charge in [-0.25, -0.2) is 4.39 Å². The van der Waals surface area contributed by atoms with E-state index in [0.29, 0.717) is 25.8 Å². The quantitative estimate of drug-likeness (QED) is 0.823. The Balaban J connectivity index is 2.32. The van der Waals surface area contributed by atoms with E-state index >= 15 is 0 Å². The Morgan fingerprint density at radius 3 is 2.68 bits per heavy atom. The maximum absolute atomic E-state index is 12.9. The van der Waals surface area contributed by atoms with Crippen molar-refractivity contribution >= 4 is 11.9 Å². The lowest BCUT2D eigenvalue weighted by atomic mass is 10.1. The second-order valence-corrected chi connectivity index (χ2v) is 4.44. The first-order chi connectivity index (χ1) is 8.99. The van der Waals surface area contributed by atoms with Crippen LogP contribution >= 0.6 is 0 Å². The van der Waals surface area contributed by atoms with Gasteiger partial charge in [0, 0.05) is 26.4 Å². The van der Waals surface area contributed by atoms with Crippen LogP contribution in [0.1, 0.15) is 24.8 Å². The van der Waals surface area contributed by atoms with E-state index in [2.05, 4.69) is 0 Å². The summed E-state index contributed by atoms with van der Waals surface area (Å²) in [7, 11) is 1.65. The summed E-state index contributed by atoms with van der Waals surface area (Å²) in [5.41, 5.74) is 0.785. The zero-order chi connectivity index (χ0) is 14.3. The van der Waals surface area contributed by atoms with Gasteiger partial charge in [-0.15, -0.1) is 0 Å². The Bertz CT molecular complexity index is 448. The minimum absolute atomic E-state index is 0.0571. The molecule has 1 rings (SSSR count). The molecule has 104 valence electrons. The highest BCUT2D eigenvalue weighted by Gasteiger charge is 2.09. The standard InChI is InChI=1S/C14H18FNO3/c1-16(9-3-6-14(18)19)13(17)8-7-11-4-2-5-12(15)10-11/h2,4-5,10H,3,6-9H2,1H3,(H,18,19). The summed E-state index contributed by atoms with van der Waals surface area (Å²) in [4.78, 5) is 23.6. The van der Waals surface area contributed by atoms with Gasteiger partial charge < -0.3 is 10.0 Å².